The van der Waals surface area contributed by atoms with E-state index in [2.05, 4.69) is 0 Å². The Morgan fingerprint density at radius 3 is 2.31 bits per heavy atom. The van der Waals surface area contributed by atoms with E-state index in [9.17, 15) is 19.7 Å². The van der Waals surface area contributed by atoms with E-state index >= 15 is 0 Å². The summed E-state index contributed by atoms with van der Waals surface area (Å²) in [6.45, 7) is 0.148. The number of hydrogen-bond acceptors (Lipinski definition) is 3. The second-order valence-corrected chi connectivity index (χ2v) is 6.73. The number of aromatic hydroxyl groups is 2. The minimum Gasteiger partial charge on any atom is -0.504 e. The summed E-state index contributed by atoms with van der Waals surface area (Å²) < 4.78 is 14.7. The van der Waals surface area contributed by atoms with Crippen molar-refractivity contribution in [3.8, 4) is 33.8 Å². The van der Waals surface area contributed by atoms with Crippen LogP contribution in [0.2, 0.25) is 0 Å². The molecule has 1 unspecified atom stereocenters. The van der Waals surface area contributed by atoms with Crippen LogP contribution in [0.15, 0.2) is 54.6 Å². The third-order valence-corrected chi connectivity index (χ3v) is 5.15. The van der Waals surface area contributed by atoms with Crippen LogP contribution in [0.3, 0.4) is 0 Å². The molecule has 4 rings (SSSR count). The summed E-state index contributed by atoms with van der Waals surface area (Å²) in [4.78, 5) is 0. The molecule has 4 heteroatoms. The molecule has 1 aliphatic carbocycles. The Hall–Kier alpha value is -2.85. The maximum Gasteiger partial charge on any atom is 0.158 e. The van der Waals surface area contributed by atoms with Gasteiger partial charge in [-0.1, -0.05) is 36.4 Å². The number of phenols is 2. The Kier molecular flexibility index (Phi) is 4.13. The monoisotopic (exact) mass is 350 g/mol. The van der Waals surface area contributed by atoms with Gasteiger partial charge in [0.1, 0.15) is 5.82 Å². The molecule has 132 valence electrons. The highest BCUT2D eigenvalue weighted by atomic mass is 19.1. The molecule has 0 heterocycles. The van der Waals surface area contributed by atoms with Crippen molar-refractivity contribution >= 4 is 0 Å². The fraction of sp³-hybridized carbons (Fsp3) is 0.182. The van der Waals surface area contributed by atoms with E-state index in [-0.39, 0.29) is 29.8 Å². The second-order valence-electron chi connectivity index (χ2n) is 6.73. The Morgan fingerprint density at radius 1 is 0.846 bits per heavy atom. The molecule has 26 heavy (non-hydrogen) atoms. The predicted molar refractivity (Wildman–Crippen MR) is 98.7 cm³/mol. The number of aliphatic hydroxyl groups excluding tert-OH is 1. The van der Waals surface area contributed by atoms with Crippen LogP contribution in [0, 0.1) is 5.82 Å². The Labute approximate surface area is 151 Å². The molecule has 0 aliphatic heterocycles. The van der Waals surface area contributed by atoms with E-state index in [1.165, 1.54) is 23.8 Å². The van der Waals surface area contributed by atoms with E-state index in [4.69, 9.17) is 0 Å². The first kappa shape index (κ1) is 16.6. The third kappa shape index (κ3) is 2.82. The van der Waals surface area contributed by atoms with Crippen LogP contribution in [0.1, 0.15) is 23.5 Å². The van der Waals surface area contributed by atoms with Gasteiger partial charge < -0.3 is 15.3 Å². The number of halogens is 1. The molecule has 0 spiro atoms. The molecule has 0 amide bonds. The Bertz CT molecular complexity index is 981. The summed E-state index contributed by atoms with van der Waals surface area (Å²) in [7, 11) is 0. The van der Waals surface area contributed by atoms with Crippen LogP contribution in [-0.2, 0) is 6.42 Å². The first-order valence-corrected chi connectivity index (χ1v) is 8.63. The van der Waals surface area contributed by atoms with E-state index in [1.54, 1.807) is 18.2 Å². The van der Waals surface area contributed by atoms with E-state index < -0.39 is 0 Å². The van der Waals surface area contributed by atoms with Gasteiger partial charge in [0.05, 0.1) is 0 Å². The SMILES string of the molecule is OCC1CCc2cc(-c3ccc(-c4ccc(O)c(O)c4)cc3F)ccc21. The normalized spacial score (nSPS) is 15.8. The van der Waals surface area contributed by atoms with Crippen LogP contribution >= 0.6 is 0 Å². The second kappa shape index (κ2) is 6.46. The fourth-order valence-corrected chi connectivity index (χ4v) is 3.69. The maximum absolute atomic E-state index is 14.7. The Balaban J connectivity index is 1.69. The van der Waals surface area contributed by atoms with Crippen LogP contribution < -0.4 is 0 Å². The van der Waals surface area contributed by atoms with Gasteiger partial charge in [0.25, 0.3) is 0 Å². The van der Waals surface area contributed by atoms with Gasteiger partial charge in [0.15, 0.2) is 11.5 Å². The van der Waals surface area contributed by atoms with Crippen molar-refractivity contribution in [1.29, 1.82) is 0 Å². The lowest BCUT2D eigenvalue weighted by molar-refractivity contribution is 0.265. The minimum absolute atomic E-state index is 0.148. The average molecular weight is 350 g/mol. The van der Waals surface area contributed by atoms with Crippen molar-refractivity contribution in [2.45, 2.75) is 18.8 Å². The molecule has 3 aromatic rings. The van der Waals surface area contributed by atoms with Gasteiger partial charge in [-0.15, -0.1) is 0 Å². The summed E-state index contributed by atoms with van der Waals surface area (Å²) >= 11 is 0. The maximum atomic E-state index is 14.7. The van der Waals surface area contributed by atoms with Crippen molar-refractivity contribution in [1.82, 2.24) is 0 Å². The van der Waals surface area contributed by atoms with Gasteiger partial charge in [0, 0.05) is 18.1 Å². The molecular weight excluding hydrogens is 331 g/mol. The standard InChI is InChI=1S/C22H19FO3/c23-20-10-13(14-5-8-21(25)22(26)11-14)3-7-19(20)16-4-6-18-15(9-16)1-2-17(18)12-24/h3-11,17,24-26H,1-2,12H2. The molecule has 3 aromatic carbocycles. The number of aliphatic hydroxyl groups is 1. The predicted octanol–water partition coefficient (Wildman–Crippen LogP) is 4.59. The summed E-state index contributed by atoms with van der Waals surface area (Å²) in [5.74, 6) is -0.589. The van der Waals surface area contributed by atoms with Gasteiger partial charge in [-0.25, -0.2) is 4.39 Å². The smallest absolute Gasteiger partial charge is 0.158 e. The molecule has 3 nitrogen and oxygen atoms in total. The summed E-state index contributed by atoms with van der Waals surface area (Å²) in [5, 5.41) is 28.5. The van der Waals surface area contributed by atoms with Gasteiger partial charge in [-0.2, -0.15) is 0 Å². The largest absolute Gasteiger partial charge is 0.504 e. The van der Waals surface area contributed by atoms with Gasteiger partial charge in [-0.3, -0.25) is 0 Å². The zero-order valence-corrected chi connectivity index (χ0v) is 14.1. The molecule has 3 N–H and O–H groups in total. The number of aryl methyl sites for hydroxylation is 1. The van der Waals surface area contributed by atoms with Gasteiger partial charge in [0.2, 0.25) is 0 Å². The van der Waals surface area contributed by atoms with Crippen LogP contribution in [0.5, 0.6) is 11.5 Å². The topological polar surface area (TPSA) is 60.7 Å². The number of fused-ring (bicyclic) bond motifs is 1. The molecule has 0 saturated carbocycles. The molecule has 0 radical (unpaired) electrons. The van der Waals surface area contributed by atoms with Gasteiger partial charge in [-0.05, 0) is 58.9 Å². The first-order valence-electron chi connectivity index (χ1n) is 8.63. The van der Waals surface area contributed by atoms with Crippen LogP contribution in [0.25, 0.3) is 22.3 Å². The van der Waals surface area contributed by atoms with Crippen molar-refractivity contribution in [3.05, 3.63) is 71.5 Å². The van der Waals surface area contributed by atoms with E-state index in [1.807, 2.05) is 18.2 Å². The highest BCUT2D eigenvalue weighted by Crippen LogP contribution is 2.37. The summed E-state index contributed by atoms with van der Waals surface area (Å²) in [5.41, 5.74) is 4.93. The van der Waals surface area contributed by atoms with Gasteiger partial charge >= 0.3 is 0 Å². The lowest BCUT2D eigenvalue weighted by Gasteiger charge is -2.11. The molecule has 0 bridgehead atoms. The zero-order valence-electron chi connectivity index (χ0n) is 14.1. The highest BCUT2D eigenvalue weighted by Gasteiger charge is 2.22. The summed E-state index contributed by atoms with van der Waals surface area (Å²) in [6, 6.07) is 15.3. The third-order valence-electron chi connectivity index (χ3n) is 5.15. The lowest BCUT2D eigenvalue weighted by Crippen LogP contribution is -1.98. The zero-order chi connectivity index (χ0) is 18.3. The quantitative estimate of drug-likeness (QED) is 0.605. The van der Waals surface area contributed by atoms with Crippen molar-refractivity contribution < 1.29 is 19.7 Å². The number of phenolic OH excluding ortho intramolecular Hbond substituents is 2. The van der Waals surface area contributed by atoms with Crippen molar-refractivity contribution in [2.75, 3.05) is 6.61 Å². The Morgan fingerprint density at radius 2 is 1.58 bits per heavy atom. The minimum atomic E-state index is -0.341. The molecule has 0 fully saturated rings. The van der Waals surface area contributed by atoms with E-state index in [0.717, 1.165) is 24.0 Å². The molecule has 0 aromatic heterocycles. The fourth-order valence-electron chi connectivity index (χ4n) is 3.69. The number of rotatable bonds is 3. The van der Waals surface area contributed by atoms with Crippen molar-refractivity contribution in [2.24, 2.45) is 0 Å². The van der Waals surface area contributed by atoms with Crippen molar-refractivity contribution in [3.63, 3.8) is 0 Å². The van der Waals surface area contributed by atoms with Crippen LogP contribution in [0.4, 0.5) is 4.39 Å². The average Bonchev–Trinajstić information content (AvgIpc) is 3.06. The van der Waals surface area contributed by atoms with E-state index in [0.29, 0.717) is 16.7 Å². The first-order chi connectivity index (χ1) is 12.6. The molecule has 1 atom stereocenters. The highest BCUT2D eigenvalue weighted by molar-refractivity contribution is 5.73. The number of hydrogen-bond donors (Lipinski definition) is 3. The molecular formula is C22H19FO3. The van der Waals surface area contributed by atoms with Crippen LogP contribution in [-0.4, -0.2) is 21.9 Å². The molecule has 0 saturated heterocycles. The number of benzene rings is 3. The molecule has 1 aliphatic rings. The lowest BCUT2D eigenvalue weighted by atomic mass is 9.95. The summed E-state index contributed by atoms with van der Waals surface area (Å²) in [6.07, 6.45) is 1.84.